The minimum Gasteiger partial charge on any atom is -0.507 e. The van der Waals surface area contributed by atoms with Gasteiger partial charge in [0.05, 0.1) is 16.6 Å². The van der Waals surface area contributed by atoms with Crippen LogP contribution in [0.2, 0.25) is 0 Å². The van der Waals surface area contributed by atoms with Crippen molar-refractivity contribution >= 4 is 11.0 Å². The highest BCUT2D eigenvalue weighted by molar-refractivity contribution is 5.82. The Kier molecular flexibility index (Phi) is 2.55. The Hall–Kier alpha value is -2.36. The molecule has 3 nitrogen and oxygen atoms in total. The van der Waals surface area contributed by atoms with Crippen LogP contribution in [0, 0.1) is 12.7 Å². The summed E-state index contributed by atoms with van der Waals surface area (Å²) >= 11 is 0. The van der Waals surface area contributed by atoms with Gasteiger partial charge in [0.2, 0.25) is 0 Å². The fourth-order valence-electron chi connectivity index (χ4n) is 2.80. The SMILES string of the molecule is Cc1cccc(-c2nc3ccc(F)cc3n2C2CC2)c1O. The lowest BCUT2D eigenvalue weighted by molar-refractivity contribution is 0.472. The van der Waals surface area contributed by atoms with Crippen molar-refractivity contribution < 1.29 is 9.50 Å². The number of phenols is 1. The van der Waals surface area contributed by atoms with Gasteiger partial charge in [-0.25, -0.2) is 9.37 Å². The van der Waals surface area contributed by atoms with Crippen LogP contribution in [0.4, 0.5) is 4.39 Å². The lowest BCUT2D eigenvalue weighted by atomic mass is 10.1. The molecule has 1 saturated carbocycles. The van der Waals surface area contributed by atoms with Crippen LogP contribution in [-0.2, 0) is 0 Å². The van der Waals surface area contributed by atoms with Crippen LogP contribution in [0.5, 0.6) is 5.75 Å². The molecule has 0 saturated heterocycles. The summed E-state index contributed by atoms with van der Waals surface area (Å²) in [5, 5.41) is 10.3. The van der Waals surface area contributed by atoms with Crippen molar-refractivity contribution in [3.63, 3.8) is 0 Å². The van der Waals surface area contributed by atoms with Crippen molar-refractivity contribution in [2.45, 2.75) is 25.8 Å². The molecule has 106 valence electrons. The van der Waals surface area contributed by atoms with E-state index in [0.29, 0.717) is 11.6 Å². The summed E-state index contributed by atoms with van der Waals surface area (Å²) in [5.41, 5.74) is 3.08. The van der Waals surface area contributed by atoms with E-state index in [-0.39, 0.29) is 11.6 Å². The Morgan fingerprint density at radius 3 is 2.81 bits per heavy atom. The lowest BCUT2D eigenvalue weighted by Crippen LogP contribution is -1.98. The molecular formula is C17H15FN2O. The first-order valence-corrected chi connectivity index (χ1v) is 7.11. The second kappa shape index (κ2) is 4.32. The molecule has 3 aromatic rings. The maximum atomic E-state index is 13.6. The zero-order valence-corrected chi connectivity index (χ0v) is 11.7. The van der Waals surface area contributed by atoms with E-state index in [2.05, 4.69) is 9.55 Å². The lowest BCUT2D eigenvalue weighted by Gasteiger charge is -2.10. The van der Waals surface area contributed by atoms with Gasteiger partial charge in [0.15, 0.2) is 0 Å². The number of aryl methyl sites for hydroxylation is 1. The number of nitrogens with zero attached hydrogens (tertiary/aromatic N) is 2. The smallest absolute Gasteiger partial charge is 0.145 e. The van der Waals surface area contributed by atoms with E-state index in [9.17, 15) is 9.50 Å². The van der Waals surface area contributed by atoms with Gasteiger partial charge >= 0.3 is 0 Å². The Morgan fingerprint density at radius 1 is 1.24 bits per heavy atom. The van der Waals surface area contributed by atoms with Gasteiger partial charge in [-0.05, 0) is 49.6 Å². The van der Waals surface area contributed by atoms with Crippen molar-refractivity contribution in [2.75, 3.05) is 0 Å². The van der Waals surface area contributed by atoms with E-state index in [4.69, 9.17) is 0 Å². The summed E-state index contributed by atoms with van der Waals surface area (Å²) in [7, 11) is 0. The number of aromatic nitrogens is 2. The quantitative estimate of drug-likeness (QED) is 0.765. The number of benzene rings is 2. The molecule has 4 rings (SSSR count). The van der Waals surface area contributed by atoms with Gasteiger partial charge in [-0.15, -0.1) is 0 Å². The minimum atomic E-state index is -0.260. The number of aromatic hydroxyl groups is 1. The fraction of sp³-hybridized carbons (Fsp3) is 0.235. The second-order valence-electron chi connectivity index (χ2n) is 5.64. The molecule has 0 spiro atoms. The molecule has 1 heterocycles. The van der Waals surface area contributed by atoms with Gasteiger partial charge in [0, 0.05) is 6.04 Å². The summed E-state index contributed by atoms with van der Waals surface area (Å²) in [5.74, 6) is 0.707. The molecule has 4 heteroatoms. The topological polar surface area (TPSA) is 38.0 Å². The van der Waals surface area contributed by atoms with Crippen LogP contribution < -0.4 is 0 Å². The number of phenolic OH excluding ortho intramolecular Hbond substituents is 1. The summed E-state index contributed by atoms with van der Waals surface area (Å²) < 4.78 is 15.6. The van der Waals surface area contributed by atoms with Crippen molar-refractivity contribution in [1.82, 2.24) is 9.55 Å². The van der Waals surface area contributed by atoms with Gasteiger partial charge in [-0.3, -0.25) is 0 Å². The molecule has 1 N–H and O–H groups in total. The molecule has 2 aromatic carbocycles. The van der Waals surface area contributed by atoms with Crippen LogP contribution >= 0.6 is 0 Å². The first-order valence-electron chi connectivity index (χ1n) is 7.11. The number of rotatable bonds is 2. The molecule has 0 amide bonds. The predicted molar refractivity (Wildman–Crippen MR) is 79.8 cm³/mol. The molecule has 1 aliphatic carbocycles. The van der Waals surface area contributed by atoms with Gasteiger partial charge in [-0.1, -0.05) is 12.1 Å². The van der Waals surface area contributed by atoms with Crippen LogP contribution in [0.3, 0.4) is 0 Å². The monoisotopic (exact) mass is 282 g/mol. The number of imidazole rings is 1. The van der Waals surface area contributed by atoms with E-state index < -0.39 is 0 Å². The first-order chi connectivity index (χ1) is 10.1. The third-order valence-corrected chi connectivity index (χ3v) is 4.04. The molecule has 21 heavy (non-hydrogen) atoms. The zero-order valence-electron chi connectivity index (χ0n) is 11.7. The third-order valence-electron chi connectivity index (χ3n) is 4.04. The largest absolute Gasteiger partial charge is 0.507 e. The van der Waals surface area contributed by atoms with E-state index in [1.54, 1.807) is 6.07 Å². The van der Waals surface area contributed by atoms with Crippen LogP contribution in [-0.4, -0.2) is 14.7 Å². The maximum Gasteiger partial charge on any atom is 0.145 e. The highest BCUT2D eigenvalue weighted by atomic mass is 19.1. The normalized spacial score (nSPS) is 14.8. The molecule has 1 fully saturated rings. The van der Waals surface area contributed by atoms with Gasteiger partial charge in [0.25, 0.3) is 0 Å². The molecule has 0 bridgehead atoms. The van der Waals surface area contributed by atoms with Crippen molar-refractivity contribution in [3.8, 4) is 17.1 Å². The average Bonchev–Trinajstić information content (AvgIpc) is 3.23. The second-order valence-corrected chi connectivity index (χ2v) is 5.64. The molecule has 0 aliphatic heterocycles. The maximum absolute atomic E-state index is 13.6. The van der Waals surface area contributed by atoms with E-state index >= 15 is 0 Å². The van der Waals surface area contributed by atoms with Gasteiger partial charge < -0.3 is 9.67 Å². The average molecular weight is 282 g/mol. The Balaban J connectivity index is 2.04. The highest BCUT2D eigenvalue weighted by Crippen LogP contribution is 2.43. The molecule has 0 radical (unpaired) electrons. The standard InChI is InChI=1S/C17H15FN2O/c1-10-3-2-4-13(16(10)21)17-19-14-8-5-11(18)9-15(14)20(17)12-6-7-12/h2-5,8-9,12,21H,6-7H2,1H3. The van der Waals surface area contributed by atoms with Crippen LogP contribution in [0.15, 0.2) is 36.4 Å². The Labute approximate surface area is 121 Å². The summed E-state index contributed by atoms with van der Waals surface area (Å²) in [4.78, 5) is 4.62. The Bertz CT molecular complexity index is 849. The van der Waals surface area contributed by atoms with Crippen molar-refractivity contribution in [3.05, 3.63) is 47.8 Å². The van der Waals surface area contributed by atoms with Crippen LogP contribution in [0.1, 0.15) is 24.4 Å². The number of fused-ring (bicyclic) bond motifs is 1. The minimum absolute atomic E-state index is 0.246. The number of hydrogen-bond donors (Lipinski definition) is 1. The number of hydrogen-bond acceptors (Lipinski definition) is 2. The number of para-hydroxylation sites is 1. The van der Waals surface area contributed by atoms with E-state index in [0.717, 1.165) is 35.3 Å². The Morgan fingerprint density at radius 2 is 2.05 bits per heavy atom. The van der Waals surface area contributed by atoms with Crippen molar-refractivity contribution in [1.29, 1.82) is 0 Å². The third kappa shape index (κ3) is 1.90. The molecule has 0 atom stereocenters. The summed E-state index contributed by atoms with van der Waals surface area (Å²) in [6.45, 7) is 1.86. The van der Waals surface area contributed by atoms with Gasteiger partial charge in [0.1, 0.15) is 17.4 Å². The van der Waals surface area contributed by atoms with E-state index in [1.165, 1.54) is 12.1 Å². The van der Waals surface area contributed by atoms with Gasteiger partial charge in [-0.2, -0.15) is 0 Å². The molecule has 1 aromatic heterocycles. The predicted octanol–water partition coefficient (Wildman–Crippen LogP) is 4.19. The first kappa shape index (κ1) is 12.4. The molecule has 0 unspecified atom stereocenters. The van der Waals surface area contributed by atoms with Crippen molar-refractivity contribution in [2.24, 2.45) is 0 Å². The number of halogens is 1. The fourth-order valence-corrected chi connectivity index (χ4v) is 2.80. The zero-order chi connectivity index (χ0) is 14.6. The van der Waals surface area contributed by atoms with Crippen LogP contribution in [0.25, 0.3) is 22.4 Å². The van der Waals surface area contributed by atoms with E-state index in [1.807, 2.05) is 25.1 Å². The summed E-state index contributed by atoms with van der Waals surface area (Å²) in [6.07, 6.45) is 2.14. The molecular weight excluding hydrogens is 267 g/mol. The molecule has 1 aliphatic rings. The highest BCUT2D eigenvalue weighted by Gasteiger charge is 2.29. The summed E-state index contributed by atoms with van der Waals surface area (Å²) in [6, 6.07) is 10.6.